The van der Waals surface area contributed by atoms with E-state index in [1.165, 1.54) is 0 Å². The number of ether oxygens (including phenoxy) is 3. The molecule has 0 aliphatic carbocycles. The summed E-state index contributed by atoms with van der Waals surface area (Å²) in [6, 6.07) is 26.7. The fourth-order valence-corrected chi connectivity index (χ4v) is 4.03. The lowest BCUT2D eigenvalue weighted by atomic mass is 9.87. The van der Waals surface area contributed by atoms with E-state index >= 15 is 0 Å². The third kappa shape index (κ3) is 5.09. The Kier molecular flexibility index (Phi) is 6.59. The highest BCUT2D eigenvalue weighted by Gasteiger charge is 2.45. The van der Waals surface area contributed by atoms with Crippen LogP contribution in [0.3, 0.4) is 0 Å². The van der Waals surface area contributed by atoms with Crippen LogP contribution in [0.5, 0.6) is 5.75 Å². The van der Waals surface area contributed by atoms with Gasteiger partial charge in [-0.05, 0) is 50.1 Å². The molecule has 0 fully saturated rings. The lowest BCUT2D eigenvalue weighted by Gasteiger charge is -2.44. The molecule has 4 rings (SSSR count). The van der Waals surface area contributed by atoms with E-state index in [1.807, 2.05) is 42.5 Å². The lowest BCUT2D eigenvalue weighted by Crippen LogP contribution is -2.50. The van der Waals surface area contributed by atoms with Crippen molar-refractivity contribution >= 4 is 5.69 Å². The highest BCUT2D eigenvalue weighted by Crippen LogP contribution is 2.45. The minimum Gasteiger partial charge on any atom is -0.485 e. The fraction of sp³-hybridized carbons (Fsp3) is 0.333. The normalized spacial score (nSPS) is 19.3. The molecule has 3 aromatic carbocycles. The summed E-state index contributed by atoms with van der Waals surface area (Å²) in [5.41, 5.74) is 3.81. The van der Waals surface area contributed by atoms with Gasteiger partial charge in [0, 0.05) is 17.8 Å². The zero-order chi connectivity index (χ0) is 21.7. The van der Waals surface area contributed by atoms with Gasteiger partial charge in [0.05, 0.1) is 13.2 Å². The standard InChI is InChI=1S/C27H31NO3/c1-4-28-22-15-16-24-23(17-22)25(29-18-20-11-7-5-8-12-20)26(27(2,3)31-24)30-19-21-13-9-6-10-14-21/h5-17,25-26,28H,4,18-19H2,1-3H3. The van der Waals surface area contributed by atoms with Gasteiger partial charge in [0.25, 0.3) is 0 Å². The molecule has 4 nitrogen and oxygen atoms in total. The van der Waals surface area contributed by atoms with Crippen molar-refractivity contribution in [3.05, 3.63) is 95.6 Å². The zero-order valence-electron chi connectivity index (χ0n) is 18.5. The predicted molar refractivity (Wildman–Crippen MR) is 124 cm³/mol. The molecule has 2 atom stereocenters. The van der Waals surface area contributed by atoms with E-state index in [1.54, 1.807) is 0 Å². The van der Waals surface area contributed by atoms with Gasteiger partial charge >= 0.3 is 0 Å². The Morgan fingerprint density at radius 3 is 2.06 bits per heavy atom. The number of nitrogens with one attached hydrogen (secondary N) is 1. The Morgan fingerprint density at radius 2 is 1.45 bits per heavy atom. The van der Waals surface area contributed by atoms with Crippen LogP contribution in [0.15, 0.2) is 78.9 Å². The van der Waals surface area contributed by atoms with Crippen molar-refractivity contribution in [2.75, 3.05) is 11.9 Å². The van der Waals surface area contributed by atoms with Crippen LogP contribution in [-0.4, -0.2) is 18.2 Å². The van der Waals surface area contributed by atoms with Gasteiger partial charge in [-0.3, -0.25) is 0 Å². The molecule has 0 amide bonds. The summed E-state index contributed by atoms with van der Waals surface area (Å²) >= 11 is 0. The Morgan fingerprint density at radius 1 is 0.839 bits per heavy atom. The van der Waals surface area contributed by atoms with Crippen LogP contribution < -0.4 is 10.1 Å². The van der Waals surface area contributed by atoms with Gasteiger partial charge in [-0.2, -0.15) is 0 Å². The zero-order valence-corrected chi connectivity index (χ0v) is 18.5. The molecule has 0 aromatic heterocycles. The number of rotatable bonds is 8. The first-order valence-electron chi connectivity index (χ1n) is 10.9. The monoisotopic (exact) mass is 417 g/mol. The molecule has 0 spiro atoms. The van der Waals surface area contributed by atoms with Crippen LogP contribution in [0.25, 0.3) is 0 Å². The first-order valence-corrected chi connectivity index (χ1v) is 10.9. The fourth-order valence-electron chi connectivity index (χ4n) is 4.03. The first-order chi connectivity index (χ1) is 15.1. The molecule has 0 saturated carbocycles. The second-order valence-electron chi connectivity index (χ2n) is 8.42. The quantitative estimate of drug-likeness (QED) is 0.478. The van der Waals surface area contributed by atoms with Crippen molar-refractivity contribution in [1.29, 1.82) is 0 Å². The van der Waals surface area contributed by atoms with Gasteiger partial charge in [0.1, 0.15) is 23.6 Å². The molecular weight excluding hydrogens is 386 g/mol. The van der Waals surface area contributed by atoms with Gasteiger partial charge < -0.3 is 19.5 Å². The predicted octanol–water partition coefficient (Wildman–Crippen LogP) is 6.13. The van der Waals surface area contributed by atoms with E-state index in [9.17, 15) is 0 Å². The minimum atomic E-state index is -0.539. The van der Waals surface area contributed by atoms with Gasteiger partial charge in [-0.25, -0.2) is 0 Å². The summed E-state index contributed by atoms with van der Waals surface area (Å²) in [5, 5.41) is 3.39. The molecule has 1 aliphatic rings. The van der Waals surface area contributed by atoms with Crippen LogP contribution in [0.2, 0.25) is 0 Å². The van der Waals surface area contributed by atoms with Gasteiger partial charge in [0.15, 0.2) is 0 Å². The van der Waals surface area contributed by atoms with Crippen molar-refractivity contribution in [3.8, 4) is 5.75 Å². The molecule has 0 bridgehead atoms. The summed E-state index contributed by atoms with van der Waals surface area (Å²) in [6.07, 6.45) is -0.512. The summed E-state index contributed by atoms with van der Waals surface area (Å²) in [4.78, 5) is 0. The van der Waals surface area contributed by atoms with E-state index in [4.69, 9.17) is 14.2 Å². The molecule has 0 radical (unpaired) electrons. The third-order valence-corrected chi connectivity index (χ3v) is 5.58. The van der Waals surface area contributed by atoms with Crippen molar-refractivity contribution in [3.63, 3.8) is 0 Å². The van der Waals surface area contributed by atoms with Crippen LogP contribution in [0.1, 0.15) is 43.6 Å². The summed E-state index contributed by atoms with van der Waals surface area (Å²) in [5.74, 6) is 0.851. The maximum absolute atomic E-state index is 6.53. The highest BCUT2D eigenvalue weighted by atomic mass is 16.6. The average Bonchev–Trinajstić information content (AvgIpc) is 2.78. The summed E-state index contributed by atoms with van der Waals surface area (Å²) in [7, 11) is 0. The number of fused-ring (bicyclic) bond motifs is 1. The molecule has 3 aromatic rings. The second-order valence-corrected chi connectivity index (χ2v) is 8.42. The lowest BCUT2D eigenvalue weighted by molar-refractivity contribution is -0.170. The molecule has 1 N–H and O–H groups in total. The van der Waals surface area contributed by atoms with Crippen LogP contribution in [-0.2, 0) is 22.7 Å². The van der Waals surface area contributed by atoms with E-state index in [0.717, 1.165) is 34.7 Å². The maximum atomic E-state index is 6.53. The topological polar surface area (TPSA) is 39.7 Å². The molecule has 162 valence electrons. The summed E-state index contributed by atoms with van der Waals surface area (Å²) < 4.78 is 19.4. The SMILES string of the molecule is CCNc1ccc2c(c1)C(OCc1ccccc1)C(OCc1ccccc1)C(C)(C)O2. The molecule has 31 heavy (non-hydrogen) atoms. The van der Waals surface area contributed by atoms with Crippen molar-refractivity contribution < 1.29 is 14.2 Å². The number of hydrogen-bond donors (Lipinski definition) is 1. The van der Waals surface area contributed by atoms with Crippen LogP contribution in [0, 0.1) is 0 Å². The van der Waals surface area contributed by atoms with E-state index in [-0.39, 0.29) is 12.2 Å². The smallest absolute Gasteiger partial charge is 0.132 e. The van der Waals surface area contributed by atoms with E-state index < -0.39 is 5.60 Å². The largest absolute Gasteiger partial charge is 0.485 e. The van der Waals surface area contributed by atoms with Crippen LogP contribution >= 0.6 is 0 Å². The molecule has 2 unspecified atom stereocenters. The van der Waals surface area contributed by atoms with Gasteiger partial charge in [-0.1, -0.05) is 60.7 Å². The van der Waals surface area contributed by atoms with E-state index in [0.29, 0.717) is 13.2 Å². The average molecular weight is 418 g/mol. The number of anilines is 1. The third-order valence-electron chi connectivity index (χ3n) is 5.58. The Bertz CT molecular complexity index is 972. The Balaban J connectivity index is 1.64. The number of benzene rings is 3. The van der Waals surface area contributed by atoms with Gasteiger partial charge in [-0.15, -0.1) is 0 Å². The molecule has 1 aliphatic heterocycles. The Hall–Kier alpha value is -2.82. The minimum absolute atomic E-state index is 0.249. The van der Waals surface area contributed by atoms with Crippen LogP contribution in [0.4, 0.5) is 5.69 Å². The van der Waals surface area contributed by atoms with E-state index in [2.05, 4.69) is 62.5 Å². The Labute approximate surface area is 185 Å². The highest BCUT2D eigenvalue weighted by molar-refractivity contribution is 5.53. The molecule has 0 saturated heterocycles. The van der Waals surface area contributed by atoms with Gasteiger partial charge in [0.2, 0.25) is 0 Å². The second kappa shape index (κ2) is 9.54. The summed E-state index contributed by atoms with van der Waals surface area (Å²) in [6.45, 7) is 8.11. The molecule has 4 heteroatoms. The number of hydrogen-bond acceptors (Lipinski definition) is 4. The molecular formula is C27H31NO3. The van der Waals surface area contributed by atoms with Crippen molar-refractivity contribution in [2.24, 2.45) is 0 Å². The first kappa shape index (κ1) is 21.4. The van der Waals surface area contributed by atoms with Crippen molar-refractivity contribution in [2.45, 2.75) is 51.8 Å². The maximum Gasteiger partial charge on any atom is 0.132 e. The molecule has 1 heterocycles. The van der Waals surface area contributed by atoms with Crippen molar-refractivity contribution in [1.82, 2.24) is 0 Å².